The van der Waals surface area contributed by atoms with Gasteiger partial charge in [-0.1, -0.05) is 13.0 Å². The van der Waals surface area contributed by atoms with Crippen LogP contribution >= 0.6 is 22.7 Å². The zero-order valence-electron chi connectivity index (χ0n) is 13.6. The lowest BCUT2D eigenvalue weighted by Gasteiger charge is -2.14. The van der Waals surface area contributed by atoms with E-state index >= 15 is 0 Å². The molecule has 0 aliphatic heterocycles. The normalized spacial score (nSPS) is 13.2. The number of aromatic nitrogens is 1. The molecule has 6 heteroatoms. The van der Waals surface area contributed by atoms with Crippen LogP contribution in [0, 0.1) is 13.8 Å². The van der Waals surface area contributed by atoms with Crippen LogP contribution in [0.3, 0.4) is 0 Å². The number of aliphatic imine (C=N–C) groups is 1. The molecule has 0 fully saturated rings. The summed E-state index contributed by atoms with van der Waals surface area (Å²) < 4.78 is 0. The Morgan fingerprint density at radius 3 is 2.77 bits per heavy atom. The molecule has 0 saturated heterocycles. The molecule has 0 radical (unpaired) electrons. The number of thiophene rings is 1. The van der Waals surface area contributed by atoms with Gasteiger partial charge in [-0.2, -0.15) is 0 Å². The molecular formula is C16H24N4S2. The molecule has 0 aromatic carbocycles. The van der Waals surface area contributed by atoms with Crippen molar-refractivity contribution in [2.75, 3.05) is 13.1 Å². The molecule has 1 atom stereocenters. The zero-order chi connectivity index (χ0) is 15.9. The highest BCUT2D eigenvalue weighted by atomic mass is 32.1. The van der Waals surface area contributed by atoms with Crippen LogP contribution in [0.2, 0.25) is 0 Å². The molecule has 0 aliphatic rings. The summed E-state index contributed by atoms with van der Waals surface area (Å²) in [4.78, 5) is 11.8. The number of guanidine groups is 1. The second-order valence-corrected chi connectivity index (χ2v) is 7.50. The van der Waals surface area contributed by atoms with Crippen LogP contribution in [0.15, 0.2) is 22.5 Å². The zero-order valence-corrected chi connectivity index (χ0v) is 15.3. The highest BCUT2D eigenvalue weighted by Crippen LogP contribution is 2.20. The third-order valence-electron chi connectivity index (χ3n) is 3.33. The van der Waals surface area contributed by atoms with Crippen LogP contribution in [-0.4, -0.2) is 24.0 Å². The van der Waals surface area contributed by atoms with Gasteiger partial charge in [0, 0.05) is 28.8 Å². The third-order valence-corrected chi connectivity index (χ3v) is 5.49. The van der Waals surface area contributed by atoms with Crippen molar-refractivity contribution in [2.45, 2.75) is 40.2 Å². The summed E-state index contributed by atoms with van der Waals surface area (Å²) in [5.41, 5.74) is 1.09. The lowest BCUT2D eigenvalue weighted by atomic mass is 10.1. The van der Waals surface area contributed by atoms with Crippen LogP contribution in [-0.2, 0) is 6.54 Å². The molecular weight excluding hydrogens is 312 g/mol. The number of nitrogens with zero attached hydrogens (tertiary/aromatic N) is 2. The van der Waals surface area contributed by atoms with Crippen molar-refractivity contribution < 1.29 is 0 Å². The molecule has 22 heavy (non-hydrogen) atoms. The Labute approximate surface area is 140 Å². The van der Waals surface area contributed by atoms with Gasteiger partial charge in [-0.05, 0) is 32.2 Å². The van der Waals surface area contributed by atoms with Crippen molar-refractivity contribution in [1.29, 1.82) is 0 Å². The predicted molar refractivity (Wildman–Crippen MR) is 97.1 cm³/mol. The molecule has 0 amide bonds. The maximum Gasteiger partial charge on any atom is 0.191 e. The molecule has 2 aromatic rings. The van der Waals surface area contributed by atoms with Crippen molar-refractivity contribution in [1.82, 2.24) is 15.6 Å². The van der Waals surface area contributed by atoms with Crippen molar-refractivity contribution in [3.8, 4) is 0 Å². The second kappa shape index (κ2) is 8.29. The van der Waals surface area contributed by atoms with E-state index in [4.69, 9.17) is 0 Å². The Bertz CT molecular complexity index is 602. The highest BCUT2D eigenvalue weighted by molar-refractivity contribution is 7.11. The maximum absolute atomic E-state index is 4.68. The average molecular weight is 337 g/mol. The van der Waals surface area contributed by atoms with Crippen LogP contribution in [0.25, 0.3) is 0 Å². The Hall–Kier alpha value is -1.40. The molecule has 2 N–H and O–H groups in total. The quantitative estimate of drug-likeness (QED) is 0.625. The number of aryl methyl sites for hydroxylation is 2. The van der Waals surface area contributed by atoms with Crippen LogP contribution in [0.5, 0.6) is 0 Å². The molecule has 0 aliphatic carbocycles. The number of hydrogen-bond donors (Lipinski definition) is 2. The Balaban J connectivity index is 1.94. The summed E-state index contributed by atoms with van der Waals surface area (Å²) in [5, 5.41) is 9.97. The van der Waals surface area contributed by atoms with Crippen LogP contribution < -0.4 is 10.6 Å². The van der Waals surface area contributed by atoms with E-state index in [1.807, 2.05) is 13.8 Å². The number of thiazole rings is 1. The van der Waals surface area contributed by atoms with Gasteiger partial charge in [-0.3, -0.25) is 0 Å². The molecule has 0 bridgehead atoms. The summed E-state index contributed by atoms with van der Waals surface area (Å²) >= 11 is 3.53. The van der Waals surface area contributed by atoms with Gasteiger partial charge in [0.15, 0.2) is 5.96 Å². The molecule has 0 saturated carbocycles. The minimum absolute atomic E-state index is 0.483. The molecule has 1 unspecified atom stereocenters. The Morgan fingerprint density at radius 1 is 1.36 bits per heavy atom. The molecule has 0 spiro atoms. The van der Waals surface area contributed by atoms with E-state index in [0.29, 0.717) is 12.5 Å². The topological polar surface area (TPSA) is 49.3 Å². The second-order valence-electron chi connectivity index (χ2n) is 5.23. The fraction of sp³-hybridized carbons (Fsp3) is 0.500. The third kappa shape index (κ3) is 4.81. The van der Waals surface area contributed by atoms with Crippen LogP contribution in [0.1, 0.15) is 40.2 Å². The highest BCUT2D eigenvalue weighted by Gasteiger charge is 2.08. The molecule has 2 rings (SSSR count). The van der Waals surface area contributed by atoms with Gasteiger partial charge in [-0.15, -0.1) is 22.7 Å². The Morgan fingerprint density at radius 2 is 2.18 bits per heavy atom. The minimum atomic E-state index is 0.483. The van der Waals surface area contributed by atoms with E-state index in [2.05, 4.69) is 52.0 Å². The van der Waals surface area contributed by atoms with Crippen molar-refractivity contribution in [2.24, 2.45) is 4.99 Å². The first kappa shape index (κ1) is 17.0. The van der Waals surface area contributed by atoms with E-state index in [1.165, 1.54) is 9.75 Å². The van der Waals surface area contributed by atoms with E-state index < -0.39 is 0 Å². The summed E-state index contributed by atoms with van der Waals surface area (Å²) in [5.74, 6) is 1.35. The molecule has 4 nitrogen and oxygen atoms in total. The minimum Gasteiger partial charge on any atom is -0.357 e. The van der Waals surface area contributed by atoms with E-state index in [0.717, 1.165) is 29.8 Å². The first-order valence-electron chi connectivity index (χ1n) is 7.58. The number of hydrogen-bond acceptors (Lipinski definition) is 4. The fourth-order valence-corrected chi connectivity index (χ4v) is 3.78. The molecule has 2 heterocycles. The SMILES string of the molecule is CCNC(=NCc1sc(C)nc1C)NCC(C)c1cccs1. The smallest absolute Gasteiger partial charge is 0.191 e. The van der Waals surface area contributed by atoms with Gasteiger partial charge in [-0.25, -0.2) is 9.98 Å². The predicted octanol–water partition coefficient (Wildman–Crippen LogP) is 3.68. The fourth-order valence-electron chi connectivity index (χ4n) is 2.13. The summed E-state index contributed by atoms with van der Waals surface area (Å²) in [7, 11) is 0. The maximum atomic E-state index is 4.68. The van der Waals surface area contributed by atoms with Crippen molar-refractivity contribution in [3.63, 3.8) is 0 Å². The average Bonchev–Trinajstić information content (AvgIpc) is 3.11. The van der Waals surface area contributed by atoms with Gasteiger partial charge < -0.3 is 10.6 Å². The summed E-state index contributed by atoms with van der Waals surface area (Å²) in [6, 6.07) is 4.29. The Kier molecular flexibility index (Phi) is 6.39. The largest absolute Gasteiger partial charge is 0.357 e. The van der Waals surface area contributed by atoms with Gasteiger partial charge in [0.25, 0.3) is 0 Å². The summed E-state index contributed by atoms with van der Waals surface area (Å²) in [6.07, 6.45) is 0. The monoisotopic (exact) mass is 336 g/mol. The first-order chi connectivity index (χ1) is 10.6. The van der Waals surface area contributed by atoms with Crippen molar-refractivity contribution in [3.05, 3.63) is 38.0 Å². The van der Waals surface area contributed by atoms with E-state index in [9.17, 15) is 0 Å². The number of rotatable bonds is 6. The lowest BCUT2D eigenvalue weighted by molar-refractivity contribution is 0.709. The molecule has 2 aromatic heterocycles. The van der Waals surface area contributed by atoms with E-state index in [1.54, 1.807) is 22.7 Å². The first-order valence-corrected chi connectivity index (χ1v) is 9.28. The lowest BCUT2D eigenvalue weighted by Crippen LogP contribution is -2.39. The molecule has 120 valence electrons. The van der Waals surface area contributed by atoms with Crippen LogP contribution in [0.4, 0.5) is 0 Å². The standard InChI is InChI=1S/C16H24N4S2/c1-5-17-16(18-9-11(2)14-7-6-8-21-14)19-10-15-12(3)20-13(4)22-15/h6-8,11H,5,9-10H2,1-4H3,(H2,17,18,19). The summed E-state index contributed by atoms with van der Waals surface area (Å²) in [6.45, 7) is 10.8. The van der Waals surface area contributed by atoms with Gasteiger partial charge >= 0.3 is 0 Å². The number of nitrogens with one attached hydrogen (secondary N) is 2. The van der Waals surface area contributed by atoms with Gasteiger partial charge in [0.2, 0.25) is 0 Å². The van der Waals surface area contributed by atoms with Gasteiger partial charge in [0.1, 0.15) is 0 Å². The van der Waals surface area contributed by atoms with E-state index in [-0.39, 0.29) is 0 Å². The van der Waals surface area contributed by atoms with Gasteiger partial charge in [0.05, 0.1) is 17.2 Å². The van der Waals surface area contributed by atoms with Crippen molar-refractivity contribution >= 4 is 28.6 Å².